The van der Waals surface area contributed by atoms with Crippen molar-refractivity contribution in [1.29, 1.82) is 5.26 Å². The third kappa shape index (κ3) is 5.87. The summed E-state index contributed by atoms with van der Waals surface area (Å²) in [5.74, 6) is -2.01. The Morgan fingerprint density at radius 1 is 1.48 bits per heavy atom. The van der Waals surface area contributed by atoms with Crippen molar-refractivity contribution >= 4 is 62.5 Å². The number of ether oxygens (including phenoxy) is 1. The van der Waals surface area contributed by atoms with Gasteiger partial charge in [-0.25, -0.2) is 9.59 Å². The number of carbonyl (C=O) groups excluding carboxylic acids is 2. The van der Waals surface area contributed by atoms with Gasteiger partial charge in [-0.1, -0.05) is 0 Å². The number of primary amides is 1. The van der Waals surface area contributed by atoms with Crippen LogP contribution in [0.25, 0.3) is 6.08 Å². The second kappa shape index (κ2) is 8.49. The number of imide groups is 1. The van der Waals surface area contributed by atoms with Crippen molar-refractivity contribution in [3.63, 3.8) is 0 Å². The third-order valence-electron chi connectivity index (χ3n) is 2.28. The molecule has 120 valence electrons. The van der Waals surface area contributed by atoms with Crippen LogP contribution in [0.5, 0.6) is 5.75 Å². The molecule has 0 spiro atoms. The van der Waals surface area contributed by atoms with Crippen LogP contribution in [0.3, 0.4) is 0 Å². The van der Waals surface area contributed by atoms with Gasteiger partial charge in [0.1, 0.15) is 17.4 Å². The van der Waals surface area contributed by atoms with E-state index >= 15 is 0 Å². The SMILES string of the molecule is N#C/C(=C/c1cc(I)cc(Br)c1OCC(=O)O)C(=O)NC(N)=O. The molecule has 23 heavy (non-hydrogen) atoms. The number of hydrogen-bond acceptors (Lipinski definition) is 5. The number of rotatable bonds is 5. The number of carboxylic acid groups (broad SMARTS) is 1. The number of nitrogens with two attached hydrogens (primary N) is 1. The Kier molecular flexibility index (Phi) is 6.98. The molecule has 1 aromatic carbocycles. The van der Waals surface area contributed by atoms with Gasteiger partial charge < -0.3 is 15.6 Å². The first-order valence-electron chi connectivity index (χ1n) is 5.80. The van der Waals surface area contributed by atoms with Gasteiger partial charge in [0.05, 0.1) is 4.47 Å². The Morgan fingerprint density at radius 3 is 2.65 bits per heavy atom. The molecular formula is C13H9BrIN3O5. The summed E-state index contributed by atoms with van der Waals surface area (Å²) in [6.45, 7) is -0.602. The number of hydrogen-bond donors (Lipinski definition) is 3. The lowest BCUT2D eigenvalue weighted by molar-refractivity contribution is -0.139. The maximum Gasteiger partial charge on any atom is 0.341 e. The minimum absolute atomic E-state index is 0.146. The van der Waals surface area contributed by atoms with Gasteiger partial charge in [-0.2, -0.15) is 5.26 Å². The summed E-state index contributed by atoms with van der Waals surface area (Å²) in [4.78, 5) is 33.0. The predicted molar refractivity (Wildman–Crippen MR) is 91.3 cm³/mol. The highest BCUT2D eigenvalue weighted by atomic mass is 127. The Bertz CT molecular complexity index is 742. The molecule has 0 aliphatic heterocycles. The first-order valence-corrected chi connectivity index (χ1v) is 7.68. The van der Waals surface area contributed by atoms with E-state index in [2.05, 4.69) is 15.9 Å². The van der Waals surface area contributed by atoms with Crippen LogP contribution in [-0.2, 0) is 9.59 Å². The third-order valence-corrected chi connectivity index (χ3v) is 3.49. The van der Waals surface area contributed by atoms with Gasteiger partial charge in [0.25, 0.3) is 5.91 Å². The average molecular weight is 494 g/mol. The fourth-order valence-electron chi connectivity index (χ4n) is 1.46. The van der Waals surface area contributed by atoms with E-state index in [0.29, 0.717) is 10.0 Å². The molecule has 0 aliphatic carbocycles. The zero-order valence-corrected chi connectivity index (χ0v) is 15.0. The number of nitrogens with one attached hydrogen (secondary N) is 1. The fraction of sp³-hybridized carbons (Fsp3) is 0.0769. The van der Waals surface area contributed by atoms with Crippen LogP contribution in [0.15, 0.2) is 22.2 Å². The lowest BCUT2D eigenvalue weighted by Gasteiger charge is -2.11. The quantitative estimate of drug-likeness (QED) is 0.323. The Labute approximate surface area is 152 Å². The summed E-state index contributed by atoms with van der Waals surface area (Å²) >= 11 is 5.22. The molecule has 0 aliphatic rings. The Balaban J connectivity index is 3.30. The zero-order valence-electron chi connectivity index (χ0n) is 11.3. The van der Waals surface area contributed by atoms with Crippen LogP contribution < -0.4 is 15.8 Å². The van der Waals surface area contributed by atoms with E-state index in [0.717, 1.165) is 3.57 Å². The maximum atomic E-state index is 11.7. The number of carboxylic acids is 1. The predicted octanol–water partition coefficient (Wildman–Crippen LogP) is 1.62. The number of benzene rings is 1. The van der Waals surface area contributed by atoms with Crippen LogP contribution in [0.2, 0.25) is 0 Å². The van der Waals surface area contributed by atoms with Gasteiger partial charge in [-0.3, -0.25) is 10.1 Å². The molecule has 0 atom stereocenters. The summed E-state index contributed by atoms with van der Waals surface area (Å²) < 4.78 is 6.36. The van der Waals surface area contributed by atoms with Gasteiger partial charge in [-0.05, 0) is 56.7 Å². The molecule has 0 unspecified atom stereocenters. The molecule has 0 radical (unpaired) electrons. The number of halogens is 2. The number of carbonyl (C=O) groups is 3. The molecular weight excluding hydrogens is 485 g/mol. The topological polar surface area (TPSA) is 143 Å². The Morgan fingerprint density at radius 2 is 2.13 bits per heavy atom. The number of nitrogens with zero attached hydrogens (tertiary/aromatic N) is 1. The van der Waals surface area contributed by atoms with E-state index in [1.165, 1.54) is 6.08 Å². The van der Waals surface area contributed by atoms with Crippen LogP contribution >= 0.6 is 38.5 Å². The molecule has 10 heteroatoms. The van der Waals surface area contributed by atoms with E-state index in [1.807, 2.05) is 22.6 Å². The smallest absolute Gasteiger partial charge is 0.341 e. The van der Waals surface area contributed by atoms with Crippen molar-refractivity contribution in [2.75, 3.05) is 6.61 Å². The monoisotopic (exact) mass is 493 g/mol. The van der Waals surface area contributed by atoms with Crippen LogP contribution in [0.1, 0.15) is 5.56 Å². The molecule has 1 aromatic rings. The highest BCUT2D eigenvalue weighted by Crippen LogP contribution is 2.33. The minimum Gasteiger partial charge on any atom is -0.480 e. The normalized spacial score (nSPS) is 10.6. The lowest BCUT2D eigenvalue weighted by atomic mass is 10.1. The van der Waals surface area contributed by atoms with Gasteiger partial charge in [-0.15, -0.1) is 0 Å². The number of amides is 3. The first kappa shape index (κ1) is 18.9. The van der Waals surface area contributed by atoms with Gasteiger partial charge >= 0.3 is 12.0 Å². The molecule has 0 fully saturated rings. The van der Waals surface area contributed by atoms with Gasteiger partial charge in [0, 0.05) is 9.13 Å². The van der Waals surface area contributed by atoms with Crippen LogP contribution in [-0.4, -0.2) is 29.6 Å². The van der Waals surface area contributed by atoms with Crippen LogP contribution in [0, 0.1) is 14.9 Å². The van der Waals surface area contributed by atoms with Gasteiger partial charge in [0.2, 0.25) is 0 Å². The number of aliphatic carboxylic acids is 1. The fourth-order valence-corrected chi connectivity index (χ4v) is 3.12. The molecule has 0 aromatic heterocycles. The van der Waals surface area contributed by atoms with E-state index in [-0.39, 0.29) is 5.75 Å². The van der Waals surface area contributed by atoms with E-state index in [4.69, 9.17) is 20.8 Å². The molecule has 0 saturated heterocycles. The summed E-state index contributed by atoms with van der Waals surface area (Å²) in [6.07, 6.45) is 1.17. The van der Waals surface area contributed by atoms with Crippen LogP contribution in [0.4, 0.5) is 4.79 Å². The van der Waals surface area contributed by atoms with Crippen molar-refractivity contribution in [3.05, 3.63) is 31.3 Å². The summed E-state index contributed by atoms with van der Waals surface area (Å²) in [5.41, 5.74) is 4.73. The van der Waals surface area contributed by atoms with E-state index < -0.39 is 30.1 Å². The van der Waals surface area contributed by atoms with Gasteiger partial charge in [0.15, 0.2) is 6.61 Å². The molecule has 0 bridgehead atoms. The Hall–Kier alpha value is -2.13. The number of urea groups is 1. The largest absolute Gasteiger partial charge is 0.480 e. The molecule has 1 rings (SSSR count). The summed E-state index contributed by atoms with van der Waals surface area (Å²) in [7, 11) is 0. The van der Waals surface area contributed by atoms with Crippen molar-refractivity contribution in [3.8, 4) is 11.8 Å². The van der Waals surface area contributed by atoms with E-state index in [1.54, 1.807) is 23.5 Å². The second-order valence-corrected chi connectivity index (χ2v) is 6.08. The second-order valence-electron chi connectivity index (χ2n) is 3.98. The van der Waals surface area contributed by atoms with Crippen molar-refractivity contribution in [1.82, 2.24) is 5.32 Å². The van der Waals surface area contributed by atoms with E-state index in [9.17, 15) is 14.4 Å². The summed E-state index contributed by atoms with van der Waals surface area (Å²) in [6, 6.07) is 3.80. The summed E-state index contributed by atoms with van der Waals surface area (Å²) in [5, 5.41) is 19.5. The molecule has 3 amide bonds. The molecule has 0 saturated carbocycles. The average Bonchev–Trinajstić information content (AvgIpc) is 2.42. The molecule has 4 N–H and O–H groups in total. The van der Waals surface area contributed by atoms with Crippen molar-refractivity contribution in [2.45, 2.75) is 0 Å². The highest BCUT2D eigenvalue weighted by molar-refractivity contribution is 14.1. The minimum atomic E-state index is -1.18. The highest BCUT2D eigenvalue weighted by Gasteiger charge is 2.15. The first-order chi connectivity index (χ1) is 10.7. The lowest BCUT2D eigenvalue weighted by Crippen LogP contribution is -2.35. The standard InChI is InChI=1S/C13H9BrIN3O5/c14-9-3-8(15)2-6(11(9)23-5-10(19)20)1-7(4-16)12(21)18-13(17)22/h1-3H,5H2,(H,19,20)(H3,17,18,21,22)/b7-1-. The molecule has 8 nitrogen and oxygen atoms in total. The number of nitriles is 1. The zero-order chi connectivity index (χ0) is 17.6. The van der Waals surface area contributed by atoms with Crippen molar-refractivity contribution in [2.24, 2.45) is 5.73 Å². The maximum absolute atomic E-state index is 11.7. The van der Waals surface area contributed by atoms with Crippen molar-refractivity contribution < 1.29 is 24.2 Å². The molecule has 0 heterocycles.